The number of hydrogen-bond acceptors (Lipinski definition) is 7. The van der Waals surface area contributed by atoms with Gasteiger partial charge in [-0.2, -0.15) is 0 Å². The number of hydrogen-bond donors (Lipinski definition) is 4. The van der Waals surface area contributed by atoms with Gasteiger partial charge >= 0.3 is 11.9 Å². The molecule has 2 heterocycles. The van der Waals surface area contributed by atoms with Crippen LogP contribution in [-0.4, -0.2) is 73.5 Å². The molecule has 8 nitrogen and oxygen atoms in total. The Morgan fingerprint density at radius 1 is 1.15 bits per heavy atom. The summed E-state index contributed by atoms with van der Waals surface area (Å²) >= 11 is 0. The first-order chi connectivity index (χ1) is 9.68. The van der Waals surface area contributed by atoms with Gasteiger partial charge in [0.2, 0.25) is 0 Å². The molecule has 0 aliphatic carbocycles. The topological polar surface area (TPSA) is 103 Å². The van der Waals surface area contributed by atoms with E-state index in [9.17, 15) is 14.7 Å². The molecule has 2 rings (SSSR count). The summed E-state index contributed by atoms with van der Waals surface area (Å²) in [5, 5.41) is 19.8. The van der Waals surface area contributed by atoms with Crippen LogP contribution in [0.15, 0.2) is 0 Å². The van der Waals surface area contributed by atoms with E-state index in [4.69, 9.17) is 4.84 Å². The van der Waals surface area contributed by atoms with E-state index in [0.29, 0.717) is 19.5 Å². The lowest BCUT2D eigenvalue weighted by Crippen LogP contribution is -2.49. The molecule has 2 saturated heterocycles. The fourth-order valence-electron chi connectivity index (χ4n) is 2.36. The second-order valence-corrected chi connectivity index (χ2v) is 5.01. The Morgan fingerprint density at radius 3 is 2.80 bits per heavy atom. The number of carbonyl (C=O) groups is 2. The largest absolute Gasteiger partial charge is 0.480 e. The maximum atomic E-state index is 12.1. The summed E-state index contributed by atoms with van der Waals surface area (Å²) in [7, 11) is 0. The Labute approximate surface area is 117 Å². The third-order valence-corrected chi connectivity index (χ3v) is 3.50. The van der Waals surface area contributed by atoms with E-state index >= 15 is 0 Å². The van der Waals surface area contributed by atoms with Gasteiger partial charge in [0.25, 0.3) is 0 Å². The smallest absolute Gasteiger partial charge is 0.342 e. The van der Waals surface area contributed by atoms with Crippen LogP contribution >= 0.6 is 0 Å². The molecule has 20 heavy (non-hydrogen) atoms. The van der Waals surface area contributed by atoms with E-state index in [1.165, 1.54) is 5.06 Å². The van der Waals surface area contributed by atoms with Gasteiger partial charge in [-0.15, -0.1) is 5.06 Å². The molecule has 2 aliphatic rings. The van der Waals surface area contributed by atoms with E-state index in [1.54, 1.807) is 0 Å². The van der Waals surface area contributed by atoms with Crippen LogP contribution in [0.1, 0.15) is 12.8 Å². The Kier molecular flexibility index (Phi) is 5.72. The molecule has 2 fully saturated rings. The summed E-state index contributed by atoms with van der Waals surface area (Å²) in [5.41, 5.74) is 0. The Bertz CT molecular complexity index is 344. The predicted molar refractivity (Wildman–Crippen MR) is 71.0 cm³/mol. The zero-order chi connectivity index (χ0) is 14.4. The van der Waals surface area contributed by atoms with Crippen molar-refractivity contribution in [3.63, 3.8) is 0 Å². The van der Waals surface area contributed by atoms with Gasteiger partial charge < -0.3 is 25.9 Å². The van der Waals surface area contributed by atoms with Gasteiger partial charge in [0.05, 0.1) is 0 Å². The molecule has 0 aromatic rings. The first kappa shape index (κ1) is 15.2. The third-order valence-electron chi connectivity index (χ3n) is 3.50. The number of hydroxylamine groups is 2. The maximum absolute atomic E-state index is 12.1. The SMILES string of the molecule is O=C(ON1CCCNCC1C(=O)O)C1CCNCCN1. The molecule has 4 N–H and O–H groups in total. The Hall–Kier alpha value is -1.22. The number of nitrogens with one attached hydrogen (secondary N) is 3. The quantitative estimate of drug-likeness (QED) is 0.479. The maximum Gasteiger partial charge on any atom is 0.342 e. The zero-order valence-electron chi connectivity index (χ0n) is 11.4. The van der Waals surface area contributed by atoms with Gasteiger partial charge in [-0.05, 0) is 25.9 Å². The van der Waals surface area contributed by atoms with Gasteiger partial charge in [0.1, 0.15) is 6.04 Å². The van der Waals surface area contributed by atoms with Crippen molar-refractivity contribution in [2.24, 2.45) is 0 Å². The fourth-order valence-corrected chi connectivity index (χ4v) is 2.36. The van der Waals surface area contributed by atoms with E-state index in [0.717, 1.165) is 26.1 Å². The van der Waals surface area contributed by atoms with E-state index in [1.807, 2.05) is 0 Å². The highest BCUT2D eigenvalue weighted by atomic mass is 16.7. The van der Waals surface area contributed by atoms with E-state index in [2.05, 4.69) is 16.0 Å². The van der Waals surface area contributed by atoms with Crippen molar-refractivity contribution in [2.75, 3.05) is 39.3 Å². The summed E-state index contributed by atoms with van der Waals surface area (Å²) in [4.78, 5) is 28.7. The molecule has 0 spiro atoms. The highest BCUT2D eigenvalue weighted by Crippen LogP contribution is 2.08. The number of carboxylic acid groups (broad SMARTS) is 1. The number of carboxylic acids is 1. The average molecular weight is 286 g/mol. The molecule has 0 saturated carbocycles. The van der Waals surface area contributed by atoms with Gasteiger partial charge in [-0.25, -0.2) is 4.79 Å². The van der Waals surface area contributed by atoms with E-state index in [-0.39, 0.29) is 12.6 Å². The van der Waals surface area contributed by atoms with Crippen LogP contribution in [0.25, 0.3) is 0 Å². The second kappa shape index (κ2) is 7.53. The third kappa shape index (κ3) is 4.14. The highest BCUT2D eigenvalue weighted by Gasteiger charge is 2.32. The van der Waals surface area contributed by atoms with Crippen LogP contribution in [0.4, 0.5) is 0 Å². The Balaban J connectivity index is 1.94. The lowest BCUT2D eigenvalue weighted by molar-refractivity contribution is -0.207. The molecule has 8 heteroatoms. The average Bonchev–Trinajstić information content (AvgIpc) is 2.80. The summed E-state index contributed by atoms with van der Waals surface area (Å²) in [5.74, 6) is -1.38. The predicted octanol–water partition coefficient (Wildman–Crippen LogP) is -1.86. The molecule has 0 aromatic carbocycles. The van der Waals surface area contributed by atoms with Crippen molar-refractivity contribution in [2.45, 2.75) is 24.9 Å². The van der Waals surface area contributed by atoms with Crippen LogP contribution < -0.4 is 16.0 Å². The number of carbonyl (C=O) groups excluding carboxylic acids is 1. The zero-order valence-corrected chi connectivity index (χ0v) is 11.4. The van der Waals surface area contributed by atoms with Gasteiger partial charge in [0.15, 0.2) is 6.04 Å². The van der Waals surface area contributed by atoms with Crippen molar-refractivity contribution in [1.82, 2.24) is 21.0 Å². The van der Waals surface area contributed by atoms with Gasteiger partial charge in [0, 0.05) is 26.2 Å². The first-order valence-corrected chi connectivity index (χ1v) is 7.04. The first-order valence-electron chi connectivity index (χ1n) is 7.04. The van der Waals surface area contributed by atoms with Crippen LogP contribution in [-0.2, 0) is 14.4 Å². The molecule has 2 atom stereocenters. The standard InChI is InChI=1S/C12H22N4O4/c17-11(18)10-8-14-3-1-7-16(10)20-12(19)9-2-4-13-5-6-15-9/h9-10,13-15H,1-8H2,(H,17,18). The number of rotatable bonds is 3. The summed E-state index contributed by atoms with van der Waals surface area (Å²) in [6, 6.07) is -1.21. The molecule has 0 amide bonds. The lowest BCUT2D eigenvalue weighted by atomic mass is 10.2. The van der Waals surface area contributed by atoms with Gasteiger partial charge in [-0.3, -0.25) is 4.79 Å². The molecule has 0 bridgehead atoms. The van der Waals surface area contributed by atoms with Crippen LogP contribution in [0.3, 0.4) is 0 Å². The van der Waals surface area contributed by atoms with Crippen LogP contribution in [0, 0.1) is 0 Å². The molecule has 114 valence electrons. The van der Waals surface area contributed by atoms with Crippen LogP contribution in [0.2, 0.25) is 0 Å². The molecule has 2 aliphatic heterocycles. The number of nitrogens with zero attached hydrogens (tertiary/aromatic N) is 1. The van der Waals surface area contributed by atoms with E-state index < -0.39 is 18.0 Å². The van der Waals surface area contributed by atoms with Crippen molar-refractivity contribution in [3.8, 4) is 0 Å². The minimum Gasteiger partial charge on any atom is -0.480 e. The summed E-state index contributed by atoms with van der Waals surface area (Å²) in [6.45, 7) is 3.70. The normalized spacial score (nSPS) is 29.2. The van der Waals surface area contributed by atoms with Crippen molar-refractivity contribution >= 4 is 11.9 Å². The minimum atomic E-state index is -0.984. The molecular weight excluding hydrogens is 264 g/mol. The highest BCUT2D eigenvalue weighted by molar-refractivity contribution is 5.77. The molecule has 0 radical (unpaired) electrons. The van der Waals surface area contributed by atoms with Crippen molar-refractivity contribution in [3.05, 3.63) is 0 Å². The van der Waals surface area contributed by atoms with Crippen molar-refractivity contribution in [1.29, 1.82) is 0 Å². The Morgan fingerprint density at radius 2 is 2.00 bits per heavy atom. The summed E-state index contributed by atoms with van der Waals surface area (Å²) < 4.78 is 0. The molecular formula is C12H22N4O4. The number of aliphatic carboxylic acids is 1. The van der Waals surface area contributed by atoms with Crippen molar-refractivity contribution < 1.29 is 19.5 Å². The molecule has 0 aromatic heterocycles. The lowest BCUT2D eigenvalue weighted by Gasteiger charge is -2.26. The van der Waals surface area contributed by atoms with Gasteiger partial charge in [-0.1, -0.05) is 0 Å². The van der Waals surface area contributed by atoms with Crippen LogP contribution in [0.5, 0.6) is 0 Å². The second-order valence-electron chi connectivity index (χ2n) is 5.01. The monoisotopic (exact) mass is 286 g/mol. The molecule has 2 unspecified atom stereocenters. The minimum absolute atomic E-state index is 0.280. The summed E-state index contributed by atoms with van der Waals surface area (Å²) in [6.07, 6.45) is 1.39. The fraction of sp³-hybridized carbons (Fsp3) is 0.833.